The highest BCUT2D eigenvalue weighted by Crippen LogP contribution is 2.34. The van der Waals surface area contributed by atoms with Gasteiger partial charge in [0.15, 0.2) is 4.34 Å². The Kier molecular flexibility index (Phi) is 3.52. The first kappa shape index (κ1) is 11.5. The zero-order valence-corrected chi connectivity index (χ0v) is 10.2. The number of rotatable bonds is 3. The van der Waals surface area contributed by atoms with Gasteiger partial charge < -0.3 is 5.73 Å². The van der Waals surface area contributed by atoms with Crippen molar-refractivity contribution in [1.82, 2.24) is 10.2 Å². The molecule has 0 bridgehead atoms. The van der Waals surface area contributed by atoms with Crippen LogP contribution in [0.1, 0.15) is 10.6 Å². The standard InChI is InChI=1S/C10H10FN3S2/c1-6-13-14-10(15-6)16-9-7(5-12)3-2-4-8(9)11/h2-4H,5,12H2,1H3. The van der Waals surface area contributed by atoms with Crippen molar-refractivity contribution in [1.29, 1.82) is 0 Å². The molecular weight excluding hydrogens is 245 g/mol. The molecule has 0 amide bonds. The van der Waals surface area contributed by atoms with Gasteiger partial charge in [-0.1, -0.05) is 35.2 Å². The number of hydrogen-bond donors (Lipinski definition) is 1. The predicted octanol–water partition coefficient (Wildman–Crippen LogP) is 2.60. The van der Waals surface area contributed by atoms with Crippen LogP contribution in [0.5, 0.6) is 0 Å². The zero-order valence-electron chi connectivity index (χ0n) is 8.61. The Balaban J connectivity index is 2.33. The Morgan fingerprint density at radius 2 is 2.25 bits per heavy atom. The summed E-state index contributed by atoms with van der Waals surface area (Å²) in [6, 6.07) is 4.90. The Bertz CT molecular complexity index is 499. The number of aryl methyl sites for hydroxylation is 1. The highest BCUT2D eigenvalue weighted by Gasteiger charge is 2.11. The normalized spacial score (nSPS) is 10.7. The van der Waals surface area contributed by atoms with Crippen molar-refractivity contribution in [2.45, 2.75) is 22.7 Å². The first-order valence-corrected chi connectivity index (χ1v) is 6.29. The van der Waals surface area contributed by atoms with Crippen LogP contribution < -0.4 is 5.73 Å². The van der Waals surface area contributed by atoms with E-state index in [1.807, 2.05) is 13.0 Å². The van der Waals surface area contributed by atoms with Crippen LogP contribution in [0.25, 0.3) is 0 Å². The Labute approximate surface area is 101 Å². The molecule has 2 rings (SSSR count). The molecule has 0 fully saturated rings. The molecule has 0 aliphatic rings. The van der Waals surface area contributed by atoms with Crippen LogP contribution in [0.4, 0.5) is 4.39 Å². The largest absolute Gasteiger partial charge is 0.326 e. The number of halogens is 1. The lowest BCUT2D eigenvalue weighted by Gasteiger charge is -2.05. The molecule has 0 unspecified atom stereocenters. The summed E-state index contributed by atoms with van der Waals surface area (Å²) in [4.78, 5) is 0.543. The second-order valence-corrected chi connectivity index (χ2v) is 5.56. The van der Waals surface area contributed by atoms with Gasteiger partial charge in [0.2, 0.25) is 0 Å². The minimum absolute atomic E-state index is 0.263. The van der Waals surface area contributed by atoms with E-state index in [1.54, 1.807) is 6.07 Å². The van der Waals surface area contributed by atoms with Gasteiger partial charge in [0.1, 0.15) is 10.8 Å². The molecule has 2 N–H and O–H groups in total. The molecule has 2 aromatic rings. The van der Waals surface area contributed by atoms with Crippen molar-refractivity contribution >= 4 is 23.1 Å². The summed E-state index contributed by atoms with van der Waals surface area (Å²) in [5.41, 5.74) is 6.36. The first-order valence-electron chi connectivity index (χ1n) is 4.66. The molecule has 0 atom stereocenters. The fraction of sp³-hybridized carbons (Fsp3) is 0.200. The highest BCUT2D eigenvalue weighted by atomic mass is 32.2. The lowest BCUT2D eigenvalue weighted by Crippen LogP contribution is -1.99. The summed E-state index contributed by atoms with van der Waals surface area (Å²) in [6.45, 7) is 2.19. The lowest BCUT2D eigenvalue weighted by atomic mass is 10.2. The maximum absolute atomic E-state index is 13.6. The molecule has 1 aromatic heterocycles. The van der Waals surface area contributed by atoms with Gasteiger partial charge in [-0.2, -0.15) is 0 Å². The summed E-state index contributed by atoms with van der Waals surface area (Å²) in [5, 5.41) is 8.71. The summed E-state index contributed by atoms with van der Waals surface area (Å²) in [6.07, 6.45) is 0. The number of hydrogen-bond acceptors (Lipinski definition) is 5. The van der Waals surface area contributed by atoms with Crippen molar-refractivity contribution < 1.29 is 4.39 Å². The summed E-state index contributed by atoms with van der Waals surface area (Å²) < 4.78 is 14.3. The van der Waals surface area contributed by atoms with E-state index in [9.17, 15) is 4.39 Å². The van der Waals surface area contributed by atoms with Crippen molar-refractivity contribution in [2.24, 2.45) is 5.73 Å². The third-order valence-electron chi connectivity index (χ3n) is 1.97. The van der Waals surface area contributed by atoms with E-state index < -0.39 is 0 Å². The van der Waals surface area contributed by atoms with Gasteiger partial charge in [0.25, 0.3) is 0 Å². The molecule has 1 aromatic carbocycles. The van der Waals surface area contributed by atoms with Gasteiger partial charge in [-0.3, -0.25) is 0 Å². The second-order valence-electron chi connectivity index (χ2n) is 3.12. The van der Waals surface area contributed by atoms with E-state index in [1.165, 1.54) is 29.2 Å². The smallest absolute Gasteiger partial charge is 0.179 e. The molecule has 16 heavy (non-hydrogen) atoms. The van der Waals surface area contributed by atoms with Gasteiger partial charge in [-0.25, -0.2) is 4.39 Å². The van der Waals surface area contributed by atoms with Crippen molar-refractivity contribution in [2.75, 3.05) is 0 Å². The average molecular weight is 255 g/mol. The number of nitrogens with two attached hydrogens (primary N) is 1. The van der Waals surface area contributed by atoms with Crippen LogP contribution in [0, 0.1) is 12.7 Å². The van der Waals surface area contributed by atoms with Crippen molar-refractivity contribution in [3.63, 3.8) is 0 Å². The van der Waals surface area contributed by atoms with Crippen LogP contribution in [0.3, 0.4) is 0 Å². The maximum atomic E-state index is 13.6. The van der Waals surface area contributed by atoms with Crippen molar-refractivity contribution in [3.05, 3.63) is 34.6 Å². The fourth-order valence-electron chi connectivity index (χ4n) is 1.24. The van der Waals surface area contributed by atoms with Crippen LogP contribution in [0.15, 0.2) is 27.4 Å². The quantitative estimate of drug-likeness (QED) is 0.916. The molecule has 0 aliphatic carbocycles. The Morgan fingerprint density at radius 1 is 1.44 bits per heavy atom. The van der Waals surface area contributed by atoms with Gasteiger partial charge in [-0.05, 0) is 18.6 Å². The second kappa shape index (κ2) is 4.90. The SMILES string of the molecule is Cc1nnc(Sc2c(F)cccc2CN)s1. The van der Waals surface area contributed by atoms with E-state index >= 15 is 0 Å². The monoisotopic (exact) mass is 255 g/mol. The van der Waals surface area contributed by atoms with E-state index in [0.29, 0.717) is 11.4 Å². The van der Waals surface area contributed by atoms with Crippen LogP contribution >= 0.6 is 23.1 Å². The van der Waals surface area contributed by atoms with Crippen LogP contribution in [0.2, 0.25) is 0 Å². The number of nitrogens with zero attached hydrogens (tertiary/aromatic N) is 2. The van der Waals surface area contributed by atoms with E-state index in [4.69, 9.17) is 5.73 Å². The van der Waals surface area contributed by atoms with E-state index in [0.717, 1.165) is 14.9 Å². The highest BCUT2D eigenvalue weighted by molar-refractivity contribution is 8.01. The van der Waals surface area contributed by atoms with Crippen LogP contribution in [-0.4, -0.2) is 10.2 Å². The molecule has 0 aliphatic heterocycles. The summed E-state index contributed by atoms with van der Waals surface area (Å²) in [7, 11) is 0. The van der Waals surface area contributed by atoms with Gasteiger partial charge >= 0.3 is 0 Å². The predicted molar refractivity (Wildman–Crippen MR) is 63.1 cm³/mol. The lowest BCUT2D eigenvalue weighted by molar-refractivity contribution is 0.597. The summed E-state index contributed by atoms with van der Waals surface area (Å²) >= 11 is 2.72. The van der Waals surface area contributed by atoms with Gasteiger partial charge in [0, 0.05) is 6.54 Å². The topological polar surface area (TPSA) is 51.8 Å². The summed E-state index contributed by atoms with van der Waals surface area (Å²) in [5.74, 6) is -0.263. The van der Waals surface area contributed by atoms with E-state index in [-0.39, 0.29) is 5.82 Å². The molecule has 6 heteroatoms. The van der Waals surface area contributed by atoms with Crippen molar-refractivity contribution in [3.8, 4) is 0 Å². The van der Waals surface area contributed by atoms with Crippen LogP contribution in [-0.2, 0) is 6.54 Å². The first-order chi connectivity index (χ1) is 7.70. The zero-order chi connectivity index (χ0) is 11.5. The maximum Gasteiger partial charge on any atom is 0.179 e. The molecular formula is C10H10FN3S2. The molecule has 0 saturated carbocycles. The van der Waals surface area contributed by atoms with Gasteiger partial charge in [0.05, 0.1) is 4.90 Å². The molecule has 84 valence electrons. The minimum atomic E-state index is -0.263. The molecule has 0 radical (unpaired) electrons. The number of benzene rings is 1. The molecule has 3 nitrogen and oxygen atoms in total. The fourth-order valence-corrected chi connectivity index (χ4v) is 3.13. The Hall–Kier alpha value is -0.980. The third-order valence-corrected chi connectivity index (χ3v) is 4.02. The minimum Gasteiger partial charge on any atom is -0.326 e. The Morgan fingerprint density at radius 3 is 2.88 bits per heavy atom. The van der Waals surface area contributed by atoms with E-state index in [2.05, 4.69) is 10.2 Å². The molecule has 1 heterocycles. The average Bonchev–Trinajstić information content (AvgIpc) is 2.67. The molecule has 0 spiro atoms. The van der Waals surface area contributed by atoms with Gasteiger partial charge in [-0.15, -0.1) is 10.2 Å². The number of aromatic nitrogens is 2. The third kappa shape index (κ3) is 2.40. The molecule has 0 saturated heterocycles.